The molecule has 2 heterocycles. The van der Waals surface area contributed by atoms with Gasteiger partial charge in [-0.05, 0) is 0 Å². The number of aryl methyl sites for hydroxylation is 1. The number of aromatic nitrogens is 4. The first-order valence-electron chi connectivity index (χ1n) is 3.59. The lowest BCUT2D eigenvalue weighted by Crippen LogP contribution is -2.06. The fraction of sp³-hybridized carbons (Fsp3) is 0.167. The molecule has 7 heteroatoms. The van der Waals surface area contributed by atoms with Gasteiger partial charge < -0.3 is 9.09 Å². The molecule has 2 rings (SSSR count). The van der Waals surface area contributed by atoms with Crippen molar-refractivity contribution in [3.63, 3.8) is 0 Å². The molecule has 0 saturated carbocycles. The number of anilines is 1. The van der Waals surface area contributed by atoms with Crippen LogP contribution in [0.3, 0.4) is 0 Å². The van der Waals surface area contributed by atoms with Crippen molar-refractivity contribution in [1.29, 1.82) is 0 Å². The van der Waals surface area contributed by atoms with Crippen LogP contribution in [0, 0.1) is 0 Å². The van der Waals surface area contributed by atoms with Crippen molar-refractivity contribution in [2.75, 3.05) is 5.43 Å². The molecule has 0 aliphatic rings. The number of imidazole rings is 1. The zero-order valence-electron chi connectivity index (χ0n) is 6.93. The van der Waals surface area contributed by atoms with Crippen molar-refractivity contribution >= 4 is 6.01 Å². The molecule has 2 aromatic heterocycles. The van der Waals surface area contributed by atoms with Gasteiger partial charge in [0.25, 0.3) is 0 Å². The van der Waals surface area contributed by atoms with Crippen molar-refractivity contribution < 1.29 is 4.52 Å². The first-order valence-corrected chi connectivity index (χ1v) is 3.59. The second-order valence-electron chi connectivity index (χ2n) is 2.43. The van der Waals surface area contributed by atoms with E-state index >= 15 is 0 Å². The van der Waals surface area contributed by atoms with Crippen LogP contribution in [0.25, 0.3) is 11.6 Å². The molecular weight excluding hydrogens is 172 g/mol. The van der Waals surface area contributed by atoms with Crippen molar-refractivity contribution in [3.05, 3.63) is 12.4 Å². The number of hydrogen-bond acceptors (Lipinski definition) is 6. The summed E-state index contributed by atoms with van der Waals surface area (Å²) in [5.74, 6) is 6.11. The third-order valence-corrected chi connectivity index (χ3v) is 1.57. The monoisotopic (exact) mass is 180 g/mol. The van der Waals surface area contributed by atoms with Gasteiger partial charge in [-0.1, -0.05) is 5.16 Å². The van der Waals surface area contributed by atoms with Crippen LogP contribution in [0.4, 0.5) is 6.01 Å². The molecule has 0 atom stereocenters. The minimum absolute atomic E-state index is 0.165. The molecule has 0 amide bonds. The van der Waals surface area contributed by atoms with E-state index in [-0.39, 0.29) is 6.01 Å². The Kier molecular flexibility index (Phi) is 1.71. The summed E-state index contributed by atoms with van der Waals surface area (Å²) in [5, 5.41) is 3.68. The highest BCUT2D eigenvalue weighted by molar-refractivity contribution is 5.44. The van der Waals surface area contributed by atoms with Gasteiger partial charge in [0.1, 0.15) is 0 Å². The highest BCUT2D eigenvalue weighted by Gasteiger charge is 2.10. The third-order valence-electron chi connectivity index (χ3n) is 1.57. The van der Waals surface area contributed by atoms with E-state index in [0.717, 1.165) is 0 Å². The maximum Gasteiger partial charge on any atom is 0.336 e. The summed E-state index contributed by atoms with van der Waals surface area (Å²) in [5.41, 5.74) is 2.25. The lowest BCUT2D eigenvalue weighted by molar-refractivity contribution is 0.432. The van der Waals surface area contributed by atoms with Gasteiger partial charge >= 0.3 is 6.01 Å². The number of hydrazine groups is 1. The molecule has 7 nitrogen and oxygen atoms in total. The van der Waals surface area contributed by atoms with Crippen LogP contribution in [0.1, 0.15) is 0 Å². The van der Waals surface area contributed by atoms with Gasteiger partial charge in [0.05, 0.1) is 0 Å². The lowest BCUT2D eigenvalue weighted by Gasteiger charge is -1.92. The largest absolute Gasteiger partial charge is 0.336 e. The average Bonchev–Trinajstić information content (AvgIpc) is 2.71. The summed E-state index contributed by atoms with van der Waals surface area (Å²) >= 11 is 0. The van der Waals surface area contributed by atoms with E-state index in [9.17, 15) is 0 Å². The fourth-order valence-electron chi connectivity index (χ4n) is 0.954. The van der Waals surface area contributed by atoms with Crippen LogP contribution in [0.15, 0.2) is 16.9 Å². The number of nitrogens with zero attached hydrogens (tertiary/aromatic N) is 4. The van der Waals surface area contributed by atoms with Crippen LogP contribution in [-0.4, -0.2) is 19.7 Å². The summed E-state index contributed by atoms with van der Waals surface area (Å²) in [7, 11) is 1.84. The maximum absolute atomic E-state index is 5.08. The quantitative estimate of drug-likeness (QED) is 0.489. The van der Waals surface area contributed by atoms with Crippen molar-refractivity contribution in [1.82, 2.24) is 19.7 Å². The van der Waals surface area contributed by atoms with E-state index in [0.29, 0.717) is 11.6 Å². The van der Waals surface area contributed by atoms with Crippen molar-refractivity contribution in [3.8, 4) is 11.6 Å². The standard InChI is InChI=1S/C6H8N6O/c1-12-3-2-8-5(12)4-9-6(10-7)13-11-4/h2-3H,7H2,1H3,(H,9,10,11). The predicted molar refractivity (Wildman–Crippen MR) is 44.3 cm³/mol. The zero-order chi connectivity index (χ0) is 9.26. The number of hydrogen-bond donors (Lipinski definition) is 2. The Morgan fingerprint density at radius 1 is 1.62 bits per heavy atom. The molecular formula is C6H8N6O. The smallest absolute Gasteiger partial charge is 0.331 e. The molecule has 0 radical (unpaired) electrons. The molecule has 0 spiro atoms. The summed E-state index contributed by atoms with van der Waals surface area (Å²) in [4.78, 5) is 7.98. The SMILES string of the molecule is Cn1ccnc1-c1noc(NN)n1. The summed E-state index contributed by atoms with van der Waals surface area (Å²) in [6.45, 7) is 0. The molecule has 0 aromatic carbocycles. The van der Waals surface area contributed by atoms with Crippen LogP contribution in [0.5, 0.6) is 0 Å². The van der Waals surface area contributed by atoms with Crippen LogP contribution in [-0.2, 0) is 7.05 Å². The van der Waals surface area contributed by atoms with Crippen molar-refractivity contribution in [2.24, 2.45) is 12.9 Å². The maximum atomic E-state index is 5.08. The lowest BCUT2D eigenvalue weighted by atomic mass is 10.6. The van der Waals surface area contributed by atoms with E-state index in [4.69, 9.17) is 10.4 Å². The van der Waals surface area contributed by atoms with Crippen LogP contribution in [0.2, 0.25) is 0 Å². The molecule has 0 aliphatic heterocycles. The van der Waals surface area contributed by atoms with E-state index in [2.05, 4.69) is 20.6 Å². The second kappa shape index (κ2) is 2.87. The van der Waals surface area contributed by atoms with Crippen molar-refractivity contribution in [2.45, 2.75) is 0 Å². The van der Waals surface area contributed by atoms with Gasteiger partial charge in [-0.3, -0.25) is 5.43 Å². The Morgan fingerprint density at radius 3 is 3.00 bits per heavy atom. The van der Waals surface area contributed by atoms with Gasteiger partial charge in [-0.15, -0.1) is 0 Å². The second-order valence-corrected chi connectivity index (χ2v) is 2.43. The molecule has 3 N–H and O–H groups in total. The molecule has 0 unspecified atom stereocenters. The minimum atomic E-state index is 0.165. The Bertz CT molecular complexity index is 405. The summed E-state index contributed by atoms with van der Waals surface area (Å²) in [6.07, 6.45) is 3.45. The molecule has 2 aromatic rings. The normalized spacial score (nSPS) is 10.3. The predicted octanol–water partition coefficient (Wildman–Crippen LogP) is -0.244. The average molecular weight is 180 g/mol. The highest BCUT2D eigenvalue weighted by atomic mass is 16.5. The van der Waals surface area contributed by atoms with E-state index in [1.807, 2.05) is 7.05 Å². The Morgan fingerprint density at radius 2 is 2.46 bits per heavy atom. The van der Waals surface area contributed by atoms with Gasteiger partial charge in [-0.25, -0.2) is 10.8 Å². The summed E-state index contributed by atoms with van der Waals surface area (Å²) in [6, 6.07) is 0.165. The molecule has 0 saturated heterocycles. The fourth-order valence-corrected chi connectivity index (χ4v) is 0.954. The highest BCUT2D eigenvalue weighted by Crippen LogP contribution is 2.13. The van der Waals surface area contributed by atoms with Crippen LogP contribution < -0.4 is 11.3 Å². The zero-order valence-corrected chi connectivity index (χ0v) is 6.93. The first kappa shape index (κ1) is 7.74. The summed E-state index contributed by atoms with van der Waals surface area (Å²) < 4.78 is 6.52. The van der Waals surface area contributed by atoms with Gasteiger partial charge in [0, 0.05) is 19.4 Å². The molecule has 0 bridgehead atoms. The van der Waals surface area contributed by atoms with Gasteiger partial charge in [-0.2, -0.15) is 4.98 Å². The van der Waals surface area contributed by atoms with E-state index < -0.39 is 0 Å². The molecule has 68 valence electrons. The number of nitrogens with two attached hydrogens (primary N) is 1. The first-order chi connectivity index (χ1) is 6.31. The number of nitrogen functional groups attached to an aromatic ring is 1. The third kappa shape index (κ3) is 1.25. The number of nitrogens with one attached hydrogen (secondary N) is 1. The minimum Gasteiger partial charge on any atom is -0.331 e. The Labute approximate surface area is 73.5 Å². The molecule has 0 aliphatic carbocycles. The van der Waals surface area contributed by atoms with Gasteiger partial charge in [0.2, 0.25) is 5.82 Å². The topological polar surface area (TPSA) is 94.8 Å². The number of rotatable bonds is 2. The van der Waals surface area contributed by atoms with E-state index in [1.165, 1.54) is 0 Å². The molecule has 0 fully saturated rings. The molecule has 13 heavy (non-hydrogen) atoms. The van der Waals surface area contributed by atoms with Gasteiger partial charge in [0.15, 0.2) is 5.82 Å². The van der Waals surface area contributed by atoms with E-state index in [1.54, 1.807) is 17.0 Å². The Balaban J connectivity index is 2.41. The van der Waals surface area contributed by atoms with Crippen LogP contribution >= 0.6 is 0 Å². The Hall–Kier alpha value is -1.89.